The van der Waals surface area contributed by atoms with Gasteiger partial charge in [-0.1, -0.05) is 91.9 Å². The second-order valence-corrected chi connectivity index (χ2v) is 6.83. The summed E-state index contributed by atoms with van der Waals surface area (Å²) in [7, 11) is 0. The Balaban J connectivity index is 3.39. The van der Waals surface area contributed by atoms with Crippen LogP contribution in [-0.2, 0) is 0 Å². The summed E-state index contributed by atoms with van der Waals surface area (Å²) >= 11 is 0. The van der Waals surface area contributed by atoms with E-state index >= 15 is 0 Å². The monoisotopic (exact) mass is 283 g/mol. The standard InChI is InChI=1S/C19H41N/c1-5-7-8-9-10-11-12-13-14-16-19(15-6-2)17-20-18(3)4/h18-20H,5-17H2,1-4H3. The second kappa shape index (κ2) is 15.4. The summed E-state index contributed by atoms with van der Waals surface area (Å²) in [5, 5.41) is 3.61. The van der Waals surface area contributed by atoms with Crippen LogP contribution in [0.1, 0.15) is 105 Å². The first kappa shape index (κ1) is 20.0. The molecule has 0 bridgehead atoms. The summed E-state index contributed by atoms with van der Waals surface area (Å²) in [6.07, 6.45) is 17.2. The molecule has 1 nitrogen and oxygen atoms in total. The molecule has 122 valence electrons. The first-order valence-corrected chi connectivity index (χ1v) is 9.44. The second-order valence-electron chi connectivity index (χ2n) is 6.83. The zero-order chi connectivity index (χ0) is 15.1. The molecule has 0 aromatic carbocycles. The molecule has 1 unspecified atom stereocenters. The summed E-state index contributed by atoms with van der Waals surface area (Å²) in [6.45, 7) is 10.3. The van der Waals surface area contributed by atoms with Crippen molar-refractivity contribution in [1.29, 1.82) is 0 Å². The molecule has 0 fully saturated rings. The van der Waals surface area contributed by atoms with Crippen LogP contribution in [0.15, 0.2) is 0 Å². The first-order valence-electron chi connectivity index (χ1n) is 9.44. The molecule has 0 saturated heterocycles. The van der Waals surface area contributed by atoms with Gasteiger partial charge in [0.05, 0.1) is 0 Å². The summed E-state index contributed by atoms with van der Waals surface area (Å²) in [5.41, 5.74) is 0. The Kier molecular flexibility index (Phi) is 15.3. The summed E-state index contributed by atoms with van der Waals surface area (Å²) in [4.78, 5) is 0. The normalized spacial score (nSPS) is 13.1. The lowest BCUT2D eigenvalue weighted by molar-refractivity contribution is 0.381. The van der Waals surface area contributed by atoms with E-state index in [1.807, 2.05) is 0 Å². The molecule has 0 aromatic rings. The van der Waals surface area contributed by atoms with Crippen LogP contribution < -0.4 is 5.32 Å². The van der Waals surface area contributed by atoms with E-state index in [2.05, 4.69) is 33.0 Å². The molecule has 0 aliphatic heterocycles. The Morgan fingerprint density at radius 3 is 1.70 bits per heavy atom. The lowest BCUT2D eigenvalue weighted by Gasteiger charge is -2.18. The predicted octanol–water partition coefficient (Wildman–Crippen LogP) is 6.32. The minimum atomic E-state index is 0.637. The average molecular weight is 284 g/mol. The van der Waals surface area contributed by atoms with Crippen molar-refractivity contribution < 1.29 is 0 Å². The lowest BCUT2D eigenvalue weighted by atomic mass is 9.95. The molecule has 0 amide bonds. The first-order chi connectivity index (χ1) is 9.70. The van der Waals surface area contributed by atoms with Crippen LogP contribution in [0.5, 0.6) is 0 Å². The Labute approximate surface area is 129 Å². The number of unbranched alkanes of at least 4 members (excludes halogenated alkanes) is 8. The smallest absolute Gasteiger partial charge is 0.00104 e. The van der Waals surface area contributed by atoms with Crippen molar-refractivity contribution in [3.63, 3.8) is 0 Å². The number of rotatable bonds is 15. The maximum Gasteiger partial charge on any atom is 0.00104 e. The van der Waals surface area contributed by atoms with E-state index in [0.29, 0.717) is 6.04 Å². The van der Waals surface area contributed by atoms with E-state index in [1.54, 1.807) is 0 Å². The number of nitrogens with one attached hydrogen (secondary N) is 1. The van der Waals surface area contributed by atoms with E-state index in [0.717, 1.165) is 5.92 Å². The van der Waals surface area contributed by atoms with Crippen LogP contribution in [0.2, 0.25) is 0 Å². The quantitative estimate of drug-likeness (QED) is 0.347. The minimum absolute atomic E-state index is 0.637. The van der Waals surface area contributed by atoms with E-state index in [-0.39, 0.29) is 0 Å². The maximum atomic E-state index is 3.61. The van der Waals surface area contributed by atoms with Crippen molar-refractivity contribution in [3.05, 3.63) is 0 Å². The Morgan fingerprint density at radius 2 is 1.20 bits per heavy atom. The molecular formula is C19H41N. The van der Waals surface area contributed by atoms with E-state index < -0.39 is 0 Å². The molecule has 0 aliphatic carbocycles. The molecule has 1 heteroatoms. The van der Waals surface area contributed by atoms with Gasteiger partial charge < -0.3 is 5.32 Å². The van der Waals surface area contributed by atoms with Gasteiger partial charge in [0.25, 0.3) is 0 Å². The molecule has 1 atom stereocenters. The fourth-order valence-electron chi connectivity index (χ4n) is 2.90. The molecule has 0 aliphatic rings. The summed E-state index contributed by atoms with van der Waals surface area (Å²) in [6, 6.07) is 0.637. The van der Waals surface area contributed by atoms with Crippen molar-refractivity contribution in [2.75, 3.05) is 6.54 Å². The van der Waals surface area contributed by atoms with E-state index in [1.165, 1.54) is 83.6 Å². The Morgan fingerprint density at radius 1 is 0.650 bits per heavy atom. The predicted molar refractivity (Wildman–Crippen MR) is 93.4 cm³/mol. The third kappa shape index (κ3) is 14.4. The van der Waals surface area contributed by atoms with Gasteiger partial charge in [0.1, 0.15) is 0 Å². The average Bonchev–Trinajstić information content (AvgIpc) is 2.42. The Bertz CT molecular complexity index is 177. The minimum Gasteiger partial charge on any atom is -0.314 e. The Hall–Kier alpha value is -0.0400. The van der Waals surface area contributed by atoms with Crippen molar-refractivity contribution in [2.24, 2.45) is 5.92 Å². The summed E-state index contributed by atoms with van der Waals surface area (Å²) < 4.78 is 0. The van der Waals surface area contributed by atoms with Gasteiger partial charge in [-0.3, -0.25) is 0 Å². The highest BCUT2D eigenvalue weighted by Crippen LogP contribution is 2.17. The highest BCUT2D eigenvalue weighted by Gasteiger charge is 2.07. The van der Waals surface area contributed by atoms with Gasteiger partial charge in [-0.25, -0.2) is 0 Å². The highest BCUT2D eigenvalue weighted by atomic mass is 14.9. The van der Waals surface area contributed by atoms with Crippen molar-refractivity contribution in [1.82, 2.24) is 5.32 Å². The van der Waals surface area contributed by atoms with Gasteiger partial charge >= 0.3 is 0 Å². The van der Waals surface area contributed by atoms with E-state index in [4.69, 9.17) is 0 Å². The number of hydrogen-bond donors (Lipinski definition) is 1. The molecule has 0 rings (SSSR count). The third-order valence-corrected chi connectivity index (χ3v) is 4.23. The zero-order valence-corrected chi connectivity index (χ0v) is 14.8. The molecule has 0 heterocycles. The van der Waals surface area contributed by atoms with Crippen LogP contribution in [0, 0.1) is 5.92 Å². The third-order valence-electron chi connectivity index (χ3n) is 4.23. The lowest BCUT2D eigenvalue weighted by Crippen LogP contribution is -2.29. The van der Waals surface area contributed by atoms with Crippen molar-refractivity contribution >= 4 is 0 Å². The van der Waals surface area contributed by atoms with Gasteiger partial charge in [0.15, 0.2) is 0 Å². The van der Waals surface area contributed by atoms with Gasteiger partial charge in [-0.05, 0) is 25.3 Å². The fourth-order valence-corrected chi connectivity index (χ4v) is 2.90. The fraction of sp³-hybridized carbons (Fsp3) is 1.00. The molecule has 0 saturated carbocycles. The molecule has 1 N–H and O–H groups in total. The topological polar surface area (TPSA) is 12.0 Å². The molecule has 20 heavy (non-hydrogen) atoms. The van der Waals surface area contributed by atoms with Crippen LogP contribution in [-0.4, -0.2) is 12.6 Å². The van der Waals surface area contributed by atoms with Crippen LogP contribution in [0.4, 0.5) is 0 Å². The SMILES string of the molecule is CCCCCCCCCCCC(CCC)CNC(C)C. The summed E-state index contributed by atoms with van der Waals surface area (Å²) in [5.74, 6) is 0.909. The zero-order valence-electron chi connectivity index (χ0n) is 14.8. The maximum absolute atomic E-state index is 3.61. The van der Waals surface area contributed by atoms with Crippen molar-refractivity contribution in [2.45, 2.75) is 111 Å². The van der Waals surface area contributed by atoms with Gasteiger partial charge in [-0.2, -0.15) is 0 Å². The van der Waals surface area contributed by atoms with Crippen LogP contribution >= 0.6 is 0 Å². The van der Waals surface area contributed by atoms with Gasteiger partial charge in [0.2, 0.25) is 0 Å². The highest BCUT2D eigenvalue weighted by molar-refractivity contribution is 4.64. The van der Waals surface area contributed by atoms with Gasteiger partial charge in [0, 0.05) is 6.04 Å². The number of hydrogen-bond acceptors (Lipinski definition) is 1. The van der Waals surface area contributed by atoms with Crippen LogP contribution in [0.25, 0.3) is 0 Å². The molecule has 0 aromatic heterocycles. The van der Waals surface area contributed by atoms with E-state index in [9.17, 15) is 0 Å². The van der Waals surface area contributed by atoms with Crippen molar-refractivity contribution in [3.8, 4) is 0 Å². The molecule has 0 spiro atoms. The van der Waals surface area contributed by atoms with Crippen LogP contribution in [0.3, 0.4) is 0 Å². The molecular weight excluding hydrogens is 242 g/mol. The largest absolute Gasteiger partial charge is 0.314 e. The van der Waals surface area contributed by atoms with Gasteiger partial charge in [-0.15, -0.1) is 0 Å². The molecule has 0 radical (unpaired) electrons.